The molecule has 186 valence electrons. The van der Waals surface area contributed by atoms with Gasteiger partial charge in [0.1, 0.15) is 11.8 Å². The fraction of sp³-hybridized carbons (Fsp3) is 0.440. The van der Waals surface area contributed by atoms with Gasteiger partial charge in [-0.05, 0) is 37.0 Å². The molecular formula is C25H35N3O5S. The molecule has 0 saturated heterocycles. The smallest absolute Gasteiger partial charge is 0.242 e. The lowest BCUT2D eigenvalue weighted by Crippen LogP contribution is -2.49. The Hall–Kier alpha value is -3.07. The van der Waals surface area contributed by atoms with Gasteiger partial charge in [0.15, 0.2) is 0 Å². The SMILES string of the molecule is CC[C@@H](C(=O)NC)N(CCc1ccccc1)C(=O)CCCN(c1ccccc1OC)S(C)(=O)=O. The lowest BCUT2D eigenvalue weighted by molar-refractivity contribution is -0.140. The van der Waals surface area contributed by atoms with E-state index in [4.69, 9.17) is 4.74 Å². The monoisotopic (exact) mass is 489 g/mol. The maximum absolute atomic E-state index is 13.2. The van der Waals surface area contributed by atoms with E-state index in [0.29, 0.717) is 37.2 Å². The van der Waals surface area contributed by atoms with E-state index in [0.717, 1.165) is 11.8 Å². The number of sulfonamides is 1. The van der Waals surface area contributed by atoms with Crippen LogP contribution in [0.25, 0.3) is 0 Å². The van der Waals surface area contributed by atoms with Crippen molar-refractivity contribution in [1.29, 1.82) is 0 Å². The average molecular weight is 490 g/mol. The zero-order valence-corrected chi connectivity index (χ0v) is 21.2. The number of para-hydroxylation sites is 2. The van der Waals surface area contributed by atoms with Crippen LogP contribution >= 0.6 is 0 Å². The molecule has 0 aliphatic rings. The summed E-state index contributed by atoms with van der Waals surface area (Å²) in [5.41, 5.74) is 1.50. The maximum Gasteiger partial charge on any atom is 0.242 e. The van der Waals surface area contributed by atoms with E-state index in [2.05, 4.69) is 5.32 Å². The van der Waals surface area contributed by atoms with Gasteiger partial charge in [-0.3, -0.25) is 13.9 Å². The van der Waals surface area contributed by atoms with Gasteiger partial charge in [-0.2, -0.15) is 0 Å². The highest BCUT2D eigenvalue weighted by atomic mass is 32.2. The zero-order chi connectivity index (χ0) is 25.1. The third-order valence-electron chi connectivity index (χ3n) is 5.62. The number of rotatable bonds is 13. The van der Waals surface area contributed by atoms with Crippen molar-refractivity contribution in [3.8, 4) is 5.75 Å². The molecule has 0 spiro atoms. The number of carbonyl (C=O) groups is 2. The number of likely N-dealkylation sites (N-methyl/N-ethyl adjacent to an activating group) is 1. The van der Waals surface area contributed by atoms with Crippen LogP contribution in [0.2, 0.25) is 0 Å². The summed E-state index contributed by atoms with van der Waals surface area (Å²) >= 11 is 0. The molecule has 0 radical (unpaired) electrons. The topological polar surface area (TPSA) is 96.0 Å². The normalized spacial score (nSPS) is 12.0. The van der Waals surface area contributed by atoms with E-state index >= 15 is 0 Å². The van der Waals surface area contributed by atoms with E-state index in [1.807, 2.05) is 37.3 Å². The van der Waals surface area contributed by atoms with Crippen LogP contribution < -0.4 is 14.4 Å². The fourth-order valence-corrected chi connectivity index (χ4v) is 4.85. The van der Waals surface area contributed by atoms with E-state index in [-0.39, 0.29) is 24.8 Å². The lowest BCUT2D eigenvalue weighted by atomic mass is 10.1. The maximum atomic E-state index is 13.2. The van der Waals surface area contributed by atoms with Crippen LogP contribution in [0.1, 0.15) is 31.7 Å². The first kappa shape index (κ1) is 27.2. The summed E-state index contributed by atoms with van der Waals surface area (Å²) in [6.45, 7) is 2.39. The fourth-order valence-electron chi connectivity index (χ4n) is 3.88. The van der Waals surface area contributed by atoms with Crippen LogP contribution in [0.4, 0.5) is 5.69 Å². The Labute approximate surface area is 202 Å². The number of hydrogen-bond acceptors (Lipinski definition) is 5. The Morgan fingerprint density at radius 3 is 2.26 bits per heavy atom. The molecule has 2 rings (SSSR count). The van der Waals surface area contributed by atoms with Crippen molar-refractivity contribution in [2.24, 2.45) is 0 Å². The van der Waals surface area contributed by atoms with E-state index in [1.165, 1.54) is 11.4 Å². The number of benzene rings is 2. The van der Waals surface area contributed by atoms with Crippen LogP contribution in [0.15, 0.2) is 54.6 Å². The second-order valence-electron chi connectivity index (χ2n) is 7.97. The molecule has 0 bridgehead atoms. The van der Waals surface area contributed by atoms with Gasteiger partial charge in [0.05, 0.1) is 19.1 Å². The van der Waals surface area contributed by atoms with Crippen LogP contribution in [-0.2, 0) is 26.0 Å². The van der Waals surface area contributed by atoms with Gasteiger partial charge in [0, 0.05) is 26.6 Å². The van der Waals surface area contributed by atoms with Crippen LogP contribution in [0.5, 0.6) is 5.75 Å². The number of hydrogen-bond donors (Lipinski definition) is 1. The Balaban J connectivity index is 2.15. The molecule has 8 nitrogen and oxygen atoms in total. The molecular weight excluding hydrogens is 454 g/mol. The van der Waals surface area contributed by atoms with E-state index in [1.54, 1.807) is 36.2 Å². The van der Waals surface area contributed by atoms with Crippen molar-refractivity contribution < 1.29 is 22.7 Å². The third-order valence-corrected chi connectivity index (χ3v) is 6.80. The van der Waals surface area contributed by atoms with Gasteiger partial charge < -0.3 is 15.0 Å². The second kappa shape index (κ2) is 13.0. The molecule has 0 fully saturated rings. The first-order valence-electron chi connectivity index (χ1n) is 11.4. The number of carbonyl (C=O) groups excluding carboxylic acids is 2. The molecule has 9 heteroatoms. The highest BCUT2D eigenvalue weighted by Gasteiger charge is 2.28. The summed E-state index contributed by atoms with van der Waals surface area (Å²) in [5, 5.41) is 2.64. The number of nitrogens with zero attached hydrogens (tertiary/aromatic N) is 2. The molecule has 2 amide bonds. The molecule has 34 heavy (non-hydrogen) atoms. The molecule has 0 aliphatic heterocycles. The van der Waals surface area contributed by atoms with Crippen LogP contribution in [0.3, 0.4) is 0 Å². The van der Waals surface area contributed by atoms with Crippen molar-refractivity contribution in [2.45, 2.75) is 38.6 Å². The van der Waals surface area contributed by atoms with Gasteiger partial charge in [0.25, 0.3) is 0 Å². The summed E-state index contributed by atoms with van der Waals surface area (Å²) in [7, 11) is -0.548. The highest BCUT2D eigenvalue weighted by molar-refractivity contribution is 7.92. The molecule has 0 aromatic heterocycles. The number of anilines is 1. The molecule has 1 atom stereocenters. The second-order valence-corrected chi connectivity index (χ2v) is 9.88. The largest absolute Gasteiger partial charge is 0.495 e. The number of amides is 2. The average Bonchev–Trinajstić information content (AvgIpc) is 2.83. The molecule has 2 aromatic rings. The Bertz CT molecular complexity index is 1040. The van der Waals surface area contributed by atoms with Crippen molar-refractivity contribution in [3.63, 3.8) is 0 Å². The molecule has 0 heterocycles. The van der Waals surface area contributed by atoms with Gasteiger partial charge in [-0.25, -0.2) is 8.42 Å². The van der Waals surface area contributed by atoms with Crippen molar-refractivity contribution in [3.05, 3.63) is 60.2 Å². The molecule has 0 saturated carbocycles. The van der Waals surface area contributed by atoms with Crippen molar-refractivity contribution >= 4 is 27.5 Å². The summed E-state index contributed by atoms with van der Waals surface area (Å²) < 4.78 is 31.5. The molecule has 1 N–H and O–H groups in total. The third kappa shape index (κ3) is 7.48. The van der Waals surface area contributed by atoms with Crippen molar-refractivity contribution in [1.82, 2.24) is 10.2 Å². The van der Waals surface area contributed by atoms with Gasteiger partial charge in [0.2, 0.25) is 21.8 Å². The molecule has 0 unspecified atom stereocenters. The predicted octanol–water partition coefficient (Wildman–Crippen LogP) is 2.84. The first-order valence-corrected chi connectivity index (χ1v) is 13.2. The quantitative estimate of drug-likeness (QED) is 0.467. The van der Waals surface area contributed by atoms with Gasteiger partial charge in [-0.15, -0.1) is 0 Å². The summed E-state index contributed by atoms with van der Waals surface area (Å²) in [5.74, 6) is 0.0463. The summed E-state index contributed by atoms with van der Waals surface area (Å²) in [6.07, 6.45) is 2.65. The Morgan fingerprint density at radius 2 is 1.68 bits per heavy atom. The number of nitrogens with one attached hydrogen (secondary N) is 1. The molecule has 2 aromatic carbocycles. The summed E-state index contributed by atoms with van der Waals surface area (Å²) in [4.78, 5) is 27.3. The summed E-state index contributed by atoms with van der Waals surface area (Å²) in [6, 6.07) is 16.1. The predicted molar refractivity (Wildman–Crippen MR) is 134 cm³/mol. The lowest BCUT2D eigenvalue weighted by Gasteiger charge is -2.31. The van der Waals surface area contributed by atoms with E-state index in [9.17, 15) is 18.0 Å². The minimum atomic E-state index is -3.59. The number of methoxy groups -OCH3 is 1. The number of ether oxygens (including phenoxy) is 1. The Kier molecular flexibility index (Phi) is 10.4. The standard InChI is InChI=1S/C25H35N3O5S/c1-5-21(25(30)26-2)27(19-17-20-12-7-6-8-13-20)24(29)16-11-18-28(34(4,31)32)22-14-9-10-15-23(22)33-3/h6-10,12-15,21H,5,11,16-19H2,1-4H3,(H,26,30)/t21-/m0/s1. The van der Waals surface area contributed by atoms with Crippen LogP contribution in [0, 0.1) is 0 Å². The van der Waals surface area contributed by atoms with Gasteiger partial charge in [-0.1, -0.05) is 49.4 Å². The van der Waals surface area contributed by atoms with Crippen molar-refractivity contribution in [2.75, 3.05) is 37.8 Å². The van der Waals surface area contributed by atoms with Gasteiger partial charge >= 0.3 is 0 Å². The molecule has 0 aliphatic carbocycles. The van der Waals surface area contributed by atoms with Crippen LogP contribution in [-0.4, -0.2) is 64.7 Å². The minimum Gasteiger partial charge on any atom is -0.495 e. The van der Waals surface area contributed by atoms with E-state index < -0.39 is 16.1 Å². The first-order chi connectivity index (χ1) is 16.2. The Morgan fingerprint density at radius 1 is 1.03 bits per heavy atom. The highest BCUT2D eigenvalue weighted by Crippen LogP contribution is 2.29. The minimum absolute atomic E-state index is 0.115. The zero-order valence-electron chi connectivity index (χ0n) is 20.4.